The molecule has 0 aliphatic carbocycles. The van der Waals surface area contributed by atoms with Crippen LogP contribution >= 0.6 is 21.6 Å². The third-order valence-corrected chi connectivity index (χ3v) is 4.85. The molecule has 0 aromatic carbocycles. The highest BCUT2D eigenvalue weighted by Gasteiger charge is 1.92. The van der Waals surface area contributed by atoms with Crippen molar-refractivity contribution in [3.05, 3.63) is 0 Å². The Kier molecular flexibility index (Phi) is 14.4. The molecule has 0 rings (SSSR count). The van der Waals surface area contributed by atoms with E-state index in [4.69, 9.17) is 0 Å². The van der Waals surface area contributed by atoms with Crippen LogP contribution < -0.4 is 0 Å². The lowest BCUT2D eigenvalue weighted by atomic mass is 10.1. The SMILES string of the molecule is CCCCCCCCCCSSCC. The Morgan fingerprint density at radius 2 is 1.21 bits per heavy atom. The van der Waals surface area contributed by atoms with Crippen molar-refractivity contribution in [3.63, 3.8) is 0 Å². The molecule has 0 fully saturated rings. The zero-order valence-corrected chi connectivity index (χ0v) is 11.5. The summed E-state index contributed by atoms with van der Waals surface area (Å²) in [5, 5.41) is 0. The van der Waals surface area contributed by atoms with Gasteiger partial charge in [0, 0.05) is 11.5 Å². The van der Waals surface area contributed by atoms with Crippen molar-refractivity contribution in [3.8, 4) is 0 Å². The molecule has 0 unspecified atom stereocenters. The molecule has 0 nitrogen and oxygen atoms in total. The fraction of sp³-hybridized carbons (Fsp3) is 1.00. The summed E-state index contributed by atoms with van der Waals surface area (Å²) in [6.07, 6.45) is 11.5. The van der Waals surface area contributed by atoms with Gasteiger partial charge >= 0.3 is 0 Å². The minimum atomic E-state index is 1.25. The van der Waals surface area contributed by atoms with Crippen molar-refractivity contribution < 1.29 is 0 Å². The minimum Gasteiger partial charge on any atom is -0.0944 e. The van der Waals surface area contributed by atoms with E-state index >= 15 is 0 Å². The van der Waals surface area contributed by atoms with Gasteiger partial charge in [-0.25, -0.2) is 0 Å². The monoisotopic (exact) mass is 234 g/mol. The molecule has 0 amide bonds. The average molecular weight is 234 g/mol. The van der Waals surface area contributed by atoms with E-state index in [1.165, 1.54) is 62.9 Å². The van der Waals surface area contributed by atoms with Gasteiger partial charge in [-0.3, -0.25) is 0 Å². The molecule has 0 spiro atoms. The van der Waals surface area contributed by atoms with Crippen LogP contribution in [0, 0.1) is 0 Å². The summed E-state index contributed by atoms with van der Waals surface area (Å²) in [5.41, 5.74) is 0. The largest absolute Gasteiger partial charge is 0.0944 e. The summed E-state index contributed by atoms with van der Waals surface area (Å²) in [6, 6.07) is 0. The van der Waals surface area contributed by atoms with Gasteiger partial charge in [-0.2, -0.15) is 0 Å². The molecule has 0 heterocycles. The number of hydrogen-bond donors (Lipinski definition) is 0. The fourth-order valence-electron chi connectivity index (χ4n) is 1.44. The molecule has 0 aliphatic rings. The van der Waals surface area contributed by atoms with Gasteiger partial charge in [0.1, 0.15) is 0 Å². The van der Waals surface area contributed by atoms with Crippen molar-refractivity contribution >= 4 is 21.6 Å². The molecule has 86 valence electrons. The maximum atomic E-state index is 2.28. The Morgan fingerprint density at radius 1 is 0.643 bits per heavy atom. The fourth-order valence-corrected chi connectivity index (χ4v) is 3.25. The molecule has 0 atom stereocenters. The van der Waals surface area contributed by atoms with Crippen molar-refractivity contribution in [2.75, 3.05) is 11.5 Å². The first-order valence-electron chi connectivity index (χ1n) is 6.16. The summed E-state index contributed by atoms with van der Waals surface area (Å²) in [6.45, 7) is 4.51. The second kappa shape index (κ2) is 13.7. The third-order valence-electron chi connectivity index (χ3n) is 2.28. The van der Waals surface area contributed by atoms with Gasteiger partial charge < -0.3 is 0 Å². The van der Waals surface area contributed by atoms with Crippen molar-refractivity contribution in [1.82, 2.24) is 0 Å². The predicted molar refractivity (Wildman–Crippen MR) is 73.2 cm³/mol. The maximum Gasteiger partial charge on any atom is 0.00369 e. The van der Waals surface area contributed by atoms with Gasteiger partial charge in [-0.05, 0) is 6.42 Å². The lowest BCUT2D eigenvalue weighted by molar-refractivity contribution is 0.586. The van der Waals surface area contributed by atoms with Crippen LogP contribution in [0.4, 0.5) is 0 Å². The van der Waals surface area contributed by atoms with Crippen LogP contribution in [-0.4, -0.2) is 11.5 Å². The molecule has 14 heavy (non-hydrogen) atoms. The summed E-state index contributed by atoms with van der Waals surface area (Å²) in [4.78, 5) is 0. The van der Waals surface area contributed by atoms with Crippen LogP contribution in [0.2, 0.25) is 0 Å². The Balaban J connectivity index is 2.78. The summed E-state index contributed by atoms with van der Waals surface area (Å²) >= 11 is 0. The van der Waals surface area contributed by atoms with Crippen LogP contribution in [0.1, 0.15) is 65.2 Å². The van der Waals surface area contributed by atoms with Crippen molar-refractivity contribution in [1.29, 1.82) is 0 Å². The van der Waals surface area contributed by atoms with E-state index in [0.29, 0.717) is 0 Å². The topological polar surface area (TPSA) is 0 Å². The number of unbranched alkanes of at least 4 members (excludes halogenated alkanes) is 7. The molecule has 0 aromatic heterocycles. The maximum absolute atomic E-state index is 2.28. The average Bonchev–Trinajstić information content (AvgIpc) is 2.21. The van der Waals surface area contributed by atoms with Crippen LogP contribution in [0.3, 0.4) is 0 Å². The van der Waals surface area contributed by atoms with E-state index in [9.17, 15) is 0 Å². The van der Waals surface area contributed by atoms with Gasteiger partial charge in [-0.1, -0.05) is 80.4 Å². The summed E-state index contributed by atoms with van der Waals surface area (Å²) < 4.78 is 0. The van der Waals surface area contributed by atoms with E-state index in [1.807, 2.05) is 21.6 Å². The first-order chi connectivity index (χ1) is 6.91. The molecule has 0 saturated carbocycles. The number of hydrogen-bond acceptors (Lipinski definition) is 2. The van der Waals surface area contributed by atoms with Gasteiger partial charge in [0.25, 0.3) is 0 Å². The van der Waals surface area contributed by atoms with Gasteiger partial charge in [0.15, 0.2) is 0 Å². The number of rotatable bonds is 11. The zero-order chi connectivity index (χ0) is 10.5. The van der Waals surface area contributed by atoms with Gasteiger partial charge in [0.2, 0.25) is 0 Å². The molecular formula is C12H26S2. The highest BCUT2D eigenvalue weighted by Crippen LogP contribution is 2.22. The Hall–Kier alpha value is 0.700. The minimum absolute atomic E-state index is 1.25. The van der Waals surface area contributed by atoms with E-state index in [-0.39, 0.29) is 0 Å². The van der Waals surface area contributed by atoms with Crippen LogP contribution in [0.15, 0.2) is 0 Å². The van der Waals surface area contributed by atoms with Crippen LogP contribution in [-0.2, 0) is 0 Å². The second-order valence-electron chi connectivity index (χ2n) is 3.70. The Labute approximate surface area is 98.4 Å². The molecule has 2 heteroatoms. The van der Waals surface area contributed by atoms with Crippen LogP contribution in [0.25, 0.3) is 0 Å². The Morgan fingerprint density at radius 3 is 1.79 bits per heavy atom. The standard InChI is InChI=1S/C12H26S2/c1-3-5-6-7-8-9-10-11-12-14-13-4-2/h3-12H2,1-2H3. The predicted octanol–water partition coefficient (Wildman–Crippen LogP) is 5.53. The quantitative estimate of drug-likeness (QED) is 0.340. The smallest absolute Gasteiger partial charge is 0.00369 e. The Bertz CT molecular complexity index is 82.3. The lowest BCUT2D eigenvalue weighted by Crippen LogP contribution is -1.82. The molecular weight excluding hydrogens is 208 g/mol. The van der Waals surface area contributed by atoms with Gasteiger partial charge in [0.05, 0.1) is 0 Å². The molecule has 0 radical (unpaired) electrons. The lowest BCUT2D eigenvalue weighted by Gasteiger charge is -2.01. The zero-order valence-electron chi connectivity index (χ0n) is 9.89. The highest BCUT2D eigenvalue weighted by atomic mass is 33.1. The van der Waals surface area contributed by atoms with Crippen LogP contribution in [0.5, 0.6) is 0 Å². The first kappa shape index (κ1) is 14.7. The van der Waals surface area contributed by atoms with Crippen molar-refractivity contribution in [2.24, 2.45) is 0 Å². The molecule has 0 saturated heterocycles. The first-order valence-corrected chi connectivity index (χ1v) is 8.65. The molecule has 0 aliphatic heterocycles. The van der Waals surface area contributed by atoms with Gasteiger partial charge in [-0.15, -0.1) is 0 Å². The normalized spacial score (nSPS) is 10.7. The molecule has 0 N–H and O–H groups in total. The summed E-state index contributed by atoms with van der Waals surface area (Å²) in [5.74, 6) is 2.61. The van der Waals surface area contributed by atoms with E-state index in [2.05, 4.69) is 13.8 Å². The van der Waals surface area contributed by atoms with E-state index in [0.717, 1.165) is 0 Å². The highest BCUT2D eigenvalue weighted by molar-refractivity contribution is 8.76. The van der Waals surface area contributed by atoms with E-state index < -0.39 is 0 Å². The summed E-state index contributed by atoms with van der Waals surface area (Å²) in [7, 11) is 4.04. The third kappa shape index (κ3) is 12.7. The van der Waals surface area contributed by atoms with E-state index in [1.54, 1.807) is 0 Å². The van der Waals surface area contributed by atoms with Crippen molar-refractivity contribution in [2.45, 2.75) is 65.2 Å². The second-order valence-corrected chi connectivity index (χ2v) is 6.57. The molecule has 0 aromatic rings. The molecule has 0 bridgehead atoms.